The van der Waals surface area contributed by atoms with Crippen molar-refractivity contribution in [3.05, 3.63) is 129 Å². The van der Waals surface area contributed by atoms with Gasteiger partial charge in [0.05, 0.1) is 32.9 Å². The predicted octanol–water partition coefficient (Wildman–Crippen LogP) is 6.92. The Labute approximate surface area is 261 Å². The molecule has 2 heterocycles. The number of hydrogen-bond acceptors (Lipinski definition) is 6. The van der Waals surface area contributed by atoms with E-state index in [9.17, 15) is 9.59 Å². The van der Waals surface area contributed by atoms with Crippen LogP contribution in [0.2, 0.25) is 5.02 Å². The molecule has 0 saturated carbocycles. The first-order valence-electron chi connectivity index (χ1n) is 13.6. The molecule has 0 saturated heterocycles. The zero-order valence-electron chi connectivity index (χ0n) is 23.7. The Balaban J connectivity index is 1.52. The summed E-state index contributed by atoms with van der Waals surface area (Å²) in [4.78, 5) is 32.2. The van der Waals surface area contributed by atoms with E-state index in [1.165, 1.54) is 16.9 Å². The molecule has 0 bridgehead atoms. The van der Waals surface area contributed by atoms with Gasteiger partial charge in [-0.05, 0) is 88.3 Å². The van der Waals surface area contributed by atoms with Crippen molar-refractivity contribution < 1.29 is 14.3 Å². The topological polar surface area (TPSA) is 69.9 Å². The summed E-state index contributed by atoms with van der Waals surface area (Å²) in [6.45, 7) is 8.44. The van der Waals surface area contributed by atoms with E-state index in [-0.39, 0.29) is 12.2 Å². The summed E-state index contributed by atoms with van der Waals surface area (Å²) in [5, 5.41) is 0.678. The lowest BCUT2D eigenvalue weighted by atomic mass is 9.93. The van der Waals surface area contributed by atoms with Crippen LogP contribution < -0.4 is 19.6 Å². The fourth-order valence-corrected chi connectivity index (χ4v) is 6.47. The van der Waals surface area contributed by atoms with E-state index >= 15 is 0 Å². The fraction of sp³-hybridized carbons (Fsp3) is 0.242. The van der Waals surface area contributed by atoms with E-state index in [0.717, 1.165) is 21.2 Å². The third-order valence-corrected chi connectivity index (χ3v) is 8.85. The molecular weight excluding hydrogens is 636 g/mol. The lowest BCUT2D eigenvalue weighted by molar-refractivity contribution is -0.139. The van der Waals surface area contributed by atoms with Crippen LogP contribution in [0.25, 0.3) is 6.08 Å². The first-order chi connectivity index (χ1) is 20.2. The Hall–Kier alpha value is -3.46. The Kier molecular flexibility index (Phi) is 9.16. The molecule has 0 spiro atoms. The number of ether oxygens (including phenoxy) is 2. The number of rotatable bonds is 8. The van der Waals surface area contributed by atoms with Gasteiger partial charge in [0.25, 0.3) is 5.56 Å². The number of fused-ring (bicyclic) bond motifs is 1. The van der Waals surface area contributed by atoms with Crippen LogP contribution in [0.1, 0.15) is 61.9 Å². The van der Waals surface area contributed by atoms with Gasteiger partial charge >= 0.3 is 5.97 Å². The molecule has 6 nitrogen and oxygen atoms in total. The molecule has 0 amide bonds. The van der Waals surface area contributed by atoms with E-state index < -0.39 is 12.0 Å². The SMILES string of the molecule is CCOC(=O)C1=C(C)N=c2s/c(=C\c3ccc(OCc4ccc(Cl)cc4)c(Br)c3)c(=O)n2[C@@H]1c1ccc(C(C)C)cc1. The van der Waals surface area contributed by atoms with Crippen LogP contribution >= 0.6 is 38.9 Å². The van der Waals surface area contributed by atoms with Crippen LogP contribution in [0, 0.1) is 0 Å². The second kappa shape index (κ2) is 12.8. The first kappa shape index (κ1) is 30.0. The maximum Gasteiger partial charge on any atom is 0.338 e. The smallest absolute Gasteiger partial charge is 0.338 e. The fourth-order valence-electron chi connectivity index (χ4n) is 4.79. The molecule has 4 aromatic rings. The standard InChI is InChI=1S/C33H30BrClN2O4S/c1-5-40-32(39)29-20(4)36-33-37(30(29)24-11-9-23(10-12-24)19(2)3)31(38)28(42-33)17-22-8-15-27(26(34)16-22)41-18-21-6-13-25(35)14-7-21/h6-17,19,30H,5,18H2,1-4H3/b28-17-/t30-/m1/s1. The number of allylic oxidation sites excluding steroid dienone is 1. The number of carbonyl (C=O) groups excluding carboxylic acids is 1. The molecule has 1 aliphatic rings. The number of carbonyl (C=O) groups is 1. The van der Waals surface area contributed by atoms with E-state index in [4.69, 9.17) is 21.1 Å². The van der Waals surface area contributed by atoms with Crippen molar-refractivity contribution >= 4 is 50.9 Å². The Morgan fingerprint density at radius 3 is 2.48 bits per heavy atom. The van der Waals surface area contributed by atoms with E-state index in [2.05, 4.69) is 34.8 Å². The number of aromatic nitrogens is 1. The molecule has 0 N–H and O–H groups in total. The third-order valence-electron chi connectivity index (χ3n) is 7.00. The third kappa shape index (κ3) is 6.31. The number of benzene rings is 3. The number of halogens is 2. The number of nitrogens with zero attached hydrogens (tertiary/aromatic N) is 2. The maximum absolute atomic E-state index is 13.9. The van der Waals surface area contributed by atoms with Crippen molar-refractivity contribution in [2.24, 2.45) is 4.99 Å². The molecular formula is C33H30BrClN2O4S. The summed E-state index contributed by atoms with van der Waals surface area (Å²) >= 11 is 10.9. The zero-order valence-corrected chi connectivity index (χ0v) is 26.8. The average molecular weight is 666 g/mol. The number of esters is 1. The molecule has 1 aromatic heterocycles. The van der Waals surface area contributed by atoms with E-state index in [0.29, 0.717) is 43.9 Å². The first-order valence-corrected chi connectivity index (χ1v) is 15.6. The minimum absolute atomic E-state index is 0.217. The van der Waals surface area contributed by atoms with Crippen LogP contribution in [-0.2, 0) is 16.1 Å². The highest BCUT2D eigenvalue weighted by atomic mass is 79.9. The van der Waals surface area contributed by atoms with Gasteiger partial charge in [-0.25, -0.2) is 9.79 Å². The summed E-state index contributed by atoms with van der Waals surface area (Å²) < 4.78 is 14.3. The number of thiazole rings is 1. The molecule has 5 rings (SSSR count). The van der Waals surface area contributed by atoms with Crippen LogP contribution in [0.15, 0.2) is 92.3 Å². The second-order valence-electron chi connectivity index (χ2n) is 10.2. The summed E-state index contributed by atoms with van der Waals surface area (Å²) in [5.41, 5.74) is 4.53. The predicted molar refractivity (Wildman–Crippen MR) is 171 cm³/mol. The van der Waals surface area contributed by atoms with E-state index in [1.54, 1.807) is 18.4 Å². The van der Waals surface area contributed by atoms with Gasteiger partial charge in [-0.2, -0.15) is 0 Å². The molecule has 216 valence electrons. The van der Waals surface area contributed by atoms with Crippen LogP contribution in [0.5, 0.6) is 5.75 Å². The van der Waals surface area contributed by atoms with Crippen molar-refractivity contribution in [3.63, 3.8) is 0 Å². The lowest BCUT2D eigenvalue weighted by Crippen LogP contribution is -2.39. The van der Waals surface area contributed by atoms with Crippen molar-refractivity contribution in [1.82, 2.24) is 4.57 Å². The van der Waals surface area contributed by atoms with Gasteiger partial charge < -0.3 is 9.47 Å². The zero-order chi connectivity index (χ0) is 30.0. The highest BCUT2D eigenvalue weighted by molar-refractivity contribution is 9.10. The van der Waals surface area contributed by atoms with Crippen molar-refractivity contribution in [2.45, 2.75) is 46.3 Å². The quantitative estimate of drug-likeness (QED) is 0.192. The minimum atomic E-state index is -0.640. The molecule has 3 aromatic carbocycles. The normalized spacial score (nSPS) is 15.0. The Bertz CT molecular complexity index is 1840. The second-order valence-corrected chi connectivity index (χ2v) is 12.5. The molecule has 1 aliphatic heterocycles. The van der Waals surface area contributed by atoms with Crippen molar-refractivity contribution in [3.8, 4) is 5.75 Å². The average Bonchev–Trinajstić information content (AvgIpc) is 3.26. The van der Waals surface area contributed by atoms with Gasteiger partial charge in [0.15, 0.2) is 4.80 Å². The van der Waals surface area contributed by atoms with Gasteiger partial charge in [0.1, 0.15) is 12.4 Å². The molecule has 42 heavy (non-hydrogen) atoms. The maximum atomic E-state index is 13.9. The Morgan fingerprint density at radius 1 is 1.12 bits per heavy atom. The highest BCUT2D eigenvalue weighted by Gasteiger charge is 2.33. The van der Waals surface area contributed by atoms with E-state index in [1.807, 2.05) is 72.8 Å². The molecule has 9 heteroatoms. The Morgan fingerprint density at radius 2 is 1.83 bits per heavy atom. The van der Waals surface area contributed by atoms with Crippen molar-refractivity contribution in [2.75, 3.05) is 6.61 Å². The van der Waals surface area contributed by atoms with Gasteiger partial charge in [0, 0.05) is 5.02 Å². The van der Waals surface area contributed by atoms with Gasteiger partial charge in [0.2, 0.25) is 0 Å². The largest absolute Gasteiger partial charge is 0.488 e. The molecule has 0 aliphatic carbocycles. The van der Waals surface area contributed by atoms with Crippen LogP contribution in [0.3, 0.4) is 0 Å². The van der Waals surface area contributed by atoms with Gasteiger partial charge in [-0.3, -0.25) is 9.36 Å². The van der Waals surface area contributed by atoms with Crippen LogP contribution in [-0.4, -0.2) is 17.1 Å². The summed E-state index contributed by atoms with van der Waals surface area (Å²) in [5.74, 6) is 0.573. The molecule has 0 radical (unpaired) electrons. The highest BCUT2D eigenvalue weighted by Crippen LogP contribution is 2.32. The molecule has 0 unspecified atom stereocenters. The lowest BCUT2D eigenvalue weighted by Gasteiger charge is -2.25. The molecule has 1 atom stereocenters. The van der Waals surface area contributed by atoms with Crippen molar-refractivity contribution in [1.29, 1.82) is 0 Å². The molecule has 0 fully saturated rings. The summed E-state index contributed by atoms with van der Waals surface area (Å²) in [6, 6.07) is 20.6. The van der Waals surface area contributed by atoms with Gasteiger partial charge in [-0.1, -0.05) is 79.2 Å². The monoisotopic (exact) mass is 664 g/mol. The summed E-state index contributed by atoms with van der Waals surface area (Å²) in [6.07, 6.45) is 1.83. The van der Waals surface area contributed by atoms with Crippen LogP contribution in [0.4, 0.5) is 0 Å². The summed E-state index contributed by atoms with van der Waals surface area (Å²) in [7, 11) is 0. The number of hydrogen-bond donors (Lipinski definition) is 0. The minimum Gasteiger partial charge on any atom is -0.488 e. The van der Waals surface area contributed by atoms with Gasteiger partial charge in [-0.15, -0.1) is 0 Å².